The minimum Gasteiger partial charge on any atom is -0.444 e. The number of likely N-dealkylation sites (tertiary alicyclic amines) is 1. The highest BCUT2D eigenvalue weighted by Crippen LogP contribution is 2.47. The highest BCUT2D eigenvalue weighted by atomic mass is 16.6. The van der Waals surface area contributed by atoms with E-state index in [1.807, 2.05) is 82.3 Å². The third-order valence-corrected chi connectivity index (χ3v) is 10.7. The summed E-state index contributed by atoms with van der Waals surface area (Å²) in [6, 6.07) is 17.1. The number of rotatable bonds is 8. The van der Waals surface area contributed by atoms with Crippen LogP contribution in [0.2, 0.25) is 0 Å². The molecule has 0 bridgehead atoms. The van der Waals surface area contributed by atoms with Crippen molar-refractivity contribution in [1.29, 1.82) is 0 Å². The van der Waals surface area contributed by atoms with E-state index >= 15 is 0 Å². The van der Waals surface area contributed by atoms with Crippen molar-refractivity contribution in [3.63, 3.8) is 0 Å². The number of aromatic nitrogens is 1. The summed E-state index contributed by atoms with van der Waals surface area (Å²) in [4.78, 5) is 75.9. The molecule has 3 aromatic rings. The molecule has 53 heavy (non-hydrogen) atoms. The van der Waals surface area contributed by atoms with Gasteiger partial charge >= 0.3 is 6.09 Å². The Morgan fingerprint density at radius 1 is 0.962 bits per heavy atom. The second-order valence-corrected chi connectivity index (χ2v) is 16.0. The van der Waals surface area contributed by atoms with Gasteiger partial charge in [-0.1, -0.05) is 43.3 Å². The number of benzene rings is 2. The molecular weight excluding hydrogens is 672 g/mol. The first-order valence-electron chi connectivity index (χ1n) is 18.3. The number of amides is 5. The van der Waals surface area contributed by atoms with Crippen molar-refractivity contribution in [2.24, 2.45) is 5.41 Å². The molecule has 1 spiro atoms. The van der Waals surface area contributed by atoms with Crippen molar-refractivity contribution in [3.8, 4) is 0 Å². The quantitative estimate of drug-likeness (QED) is 0.316. The summed E-state index contributed by atoms with van der Waals surface area (Å²) < 4.78 is 5.56. The smallest absolute Gasteiger partial charge is 0.410 e. The number of carbonyl (C=O) groups is 5. The van der Waals surface area contributed by atoms with Crippen LogP contribution in [-0.2, 0) is 55.3 Å². The van der Waals surface area contributed by atoms with Gasteiger partial charge in [-0.2, -0.15) is 0 Å². The third kappa shape index (κ3) is 8.06. The normalized spacial score (nSPS) is 20.6. The lowest BCUT2D eigenvalue weighted by molar-refractivity contribution is -0.145. The first-order valence-corrected chi connectivity index (χ1v) is 18.3. The monoisotopic (exact) mass is 722 g/mol. The number of hydrogen-bond donors (Lipinski definition) is 2. The fourth-order valence-corrected chi connectivity index (χ4v) is 7.84. The van der Waals surface area contributed by atoms with E-state index in [0.29, 0.717) is 56.7 Å². The molecular formula is C41H50N6O6. The van der Waals surface area contributed by atoms with Crippen LogP contribution in [0.1, 0.15) is 81.7 Å². The van der Waals surface area contributed by atoms with Crippen molar-refractivity contribution >= 4 is 41.2 Å². The zero-order chi connectivity index (χ0) is 38.1. The number of pyridine rings is 1. The number of carbonyl (C=O) groups excluding carboxylic acids is 5. The van der Waals surface area contributed by atoms with Crippen LogP contribution in [0.25, 0.3) is 0 Å². The Morgan fingerprint density at radius 3 is 2.40 bits per heavy atom. The summed E-state index contributed by atoms with van der Waals surface area (Å²) in [6.45, 7) is 10.2. The lowest BCUT2D eigenvalue weighted by atomic mass is 9.79. The Hall–Kier alpha value is -5.26. The first kappa shape index (κ1) is 37.5. The molecule has 3 heterocycles. The number of anilines is 2. The zero-order valence-electron chi connectivity index (χ0n) is 31.6. The number of fused-ring (bicyclic) bond motifs is 3. The van der Waals surface area contributed by atoms with Gasteiger partial charge in [0.05, 0.1) is 5.41 Å². The average molecular weight is 723 g/mol. The Labute approximate surface area is 311 Å². The molecule has 3 aliphatic rings. The van der Waals surface area contributed by atoms with E-state index in [4.69, 9.17) is 4.74 Å². The maximum Gasteiger partial charge on any atom is 0.410 e. The lowest BCUT2D eigenvalue weighted by Gasteiger charge is -2.34. The van der Waals surface area contributed by atoms with Crippen molar-refractivity contribution in [2.45, 2.75) is 90.8 Å². The minimum atomic E-state index is -0.790. The van der Waals surface area contributed by atoms with Crippen LogP contribution in [0.3, 0.4) is 0 Å². The predicted octanol–water partition coefficient (Wildman–Crippen LogP) is 5.44. The Kier molecular flexibility index (Phi) is 10.4. The Morgan fingerprint density at radius 2 is 1.68 bits per heavy atom. The van der Waals surface area contributed by atoms with E-state index in [1.165, 1.54) is 4.90 Å². The average Bonchev–Trinajstić information content (AvgIpc) is 3.52. The molecule has 1 unspecified atom stereocenters. The second-order valence-electron chi connectivity index (χ2n) is 16.0. The van der Waals surface area contributed by atoms with Crippen molar-refractivity contribution < 1.29 is 28.7 Å². The molecule has 12 nitrogen and oxygen atoms in total. The van der Waals surface area contributed by atoms with E-state index in [1.54, 1.807) is 30.0 Å². The van der Waals surface area contributed by atoms with Crippen LogP contribution in [-0.4, -0.2) is 81.7 Å². The van der Waals surface area contributed by atoms with Crippen molar-refractivity contribution in [3.05, 3.63) is 88.6 Å². The SMILES string of the molecule is CC(=O)N1CCCC(C)(C(=O)N(CC(=O)Nc2ccc3c(c2)C[C@@]2(C3)C(=O)Nc3ncccc32)Cc2ccccc2CN(C)C(=O)OC(C)(C)C)CC1. The predicted molar refractivity (Wildman–Crippen MR) is 201 cm³/mol. The largest absolute Gasteiger partial charge is 0.444 e. The fourth-order valence-electron chi connectivity index (χ4n) is 7.84. The second kappa shape index (κ2) is 14.6. The molecule has 1 fully saturated rings. The number of nitrogens with zero attached hydrogens (tertiary/aromatic N) is 4. The van der Waals surface area contributed by atoms with Crippen LogP contribution in [0.15, 0.2) is 60.8 Å². The van der Waals surface area contributed by atoms with E-state index in [9.17, 15) is 24.0 Å². The number of ether oxygens (including phenoxy) is 1. The van der Waals surface area contributed by atoms with Crippen LogP contribution >= 0.6 is 0 Å². The van der Waals surface area contributed by atoms with Gasteiger partial charge in [0.25, 0.3) is 0 Å². The van der Waals surface area contributed by atoms with E-state index < -0.39 is 22.5 Å². The molecule has 12 heteroatoms. The maximum absolute atomic E-state index is 14.6. The topological polar surface area (TPSA) is 141 Å². The molecule has 0 saturated carbocycles. The van der Waals surface area contributed by atoms with Gasteiger partial charge in [-0.05, 0) is 93.3 Å². The molecule has 0 radical (unpaired) electrons. The molecule has 2 aromatic carbocycles. The van der Waals surface area contributed by atoms with Gasteiger partial charge in [0.2, 0.25) is 23.6 Å². The summed E-state index contributed by atoms with van der Waals surface area (Å²) in [5.41, 5.74) is 2.95. The fraction of sp³-hybridized carbons (Fsp3) is 0.463. The molecule has 6 rings (SSSR count). The molecule has 2 aliphatic heterocycles. The third-order valence-electron chi connectivity index (χ3n) is 10.7. The summed E-state index contributed by atoms with van der Waals surface area (Å²) in [6.07, 6.45) is 3.97. The van der Waals surface area contributed by atoms with Crippen molar-refractivity contribution in [2.75, 3.05) is 37.3 Å². The molecule has 5 amide bonds. The molecule has 1 aromatic heterocycles. The lowest BCUT2D eigenvalue weighted by Crippen LogP contribution is -2.46. The Balaban J connectivity index is 1.22. The van der Waals surface area contributed by atoms with Gasteiger partial charge in [-0.15, -0.1) is 0 Å². The summed E-state index contributed by atoms with van der Waals surface area (Å²) in [5.74, 6) is -0.0132. The van der Waals surface area contributed by atoms with Gasteiger partial charge in [0, 0.05) is 63.0 Å². The zero-order valence-corrected chi connectivity index (χ0v) is 31.6. The minimum absolute atomic E-state index is 0.0179. The standard InChI is InChI=1S/C41H50N6O6/c1-27(48)46-19-10-16-40(5,17-20-46)37(51)47(25-30-12-8-7-11-29(30)24-45(6)38(52)53-39(2,3)4)26-34(49)43-32-15-14-28-22-41(23-31(28)21-32)33-13-9-18-42-35(33)44-36(41)50/h7-9,11-15,18,21H,10,16-17,19-20,22-26H2,1-6H3,(H,43,49)(H,42,44,50)/t40?,41-/m1/s1. The first-order chi connectivity index (χ1) is 25.1. The summed E-state index contributed by atoms with van der Waals surface area (Å²) in [5, 5.41) is 5.95. The molecule has 2 atom stereocenters. The van der Waals surface area contributed by atoms with E-state index in [-0.39, 0.29) is 43.3 Å². The highest BCUT2D eigenvalue weighted by molar-refractivity contribution is 6.06. The van der Waals surface area contributed by atoms with Gasteiger partial charge in [-0.3, -0.25) is 19.2 Å². The maximum atomic E-state index is 14.6. The van der Waals surface area contributed by atoms with Crippen LogP contribution in [0.5, 0.6) is 0 Å². The number of hydrogen-bond acceptors (Lipinski definition) is 7. The van der Waals surface area contributed by atoms with Crippen molar-refractivity contribution in [1.82, 2.24) is 19.7 Å². The van der Waals surface area contributed by atoms with Crippen LogP contribution < -0.4 is 10.6 Å². The van der Waals surface area contributed by atoms with Gasteiger partial charge in [0.15, 0.2) is 0 Å². The molecule has 1 saturated heterocycles. The van der Waals surface area contributed by atoms with E-state index in [2.05, 4.69) is 15.6 Å². The molecule has 2 N–H and O–H groups in total. The van der Waals surface area contributed by atoms with Crippen LogP contribution in [0, 0.1) is 5.41 Å². The summed E-state index contributed by atoms with van der Waals surface area (Å²) in [7, 11) is 1.67. The van der Waals surface area contributed by atoms with E-state index in [0.717, 1.165) is 27.8 Å². The summed E-state index contributed by atoms with van der Waals surface area (Å²) >= 11 is 0. The molecule has 280 valence electrons. The van der Waals surface area contributed by atoms with Gasteiger partial charge < -0.3 is 30.1 Å². The van der Waals surface area contributed by atoms with Gasteiger partial charge in [0.1, 0.15) is 18.0 Å². The Bertz CT molecular complexity index is 1940. The molecule has 1 aliphatic carbocycles. The van der Waals surface area contributed by atoms with Gasteiger partial charge in [-0.25, -0.2) is 9.78 Å². The van der Waals surface area contributed by atoms with Crippen LogP contribution in [0.4, 0.5) is 16.3 Å². The number of nitrogens with one attached hydrogen (secondary N) is 2. The highest BCUT2D eigenvalue weighted by Gasteiger charge is 2.51.